The first-order valence-electron chi connectivity index (χ1n) is 9.19. The Labute approximate surface area is 156 Å². The van der Waals surface area contributed by atoms with Gasteiger partial charge in [0.15, 0.2) is 17.5 Å². The van der Waals surface area contributed by atoms with Crippen LogP contribution in [0.15, 0.2) is 23.2 Å². The van der Waals surface area contributed by atoms with Crippen LogP contribution >= 0.6 is 0 Å². The molecule has 1 amide bonds. The summed E-state index contributed by atoms with van der Waals surface area (Å²) in [7, 11) is 1.61. The summed E-state index contributed by atoms with van der Waals surface area (Å²) >= 11 is 0. The third-order valence-corrected chi connectivity index (χ3v) is 3.70. The highest BCUT2D eigenvalue weighted by Crippen LogP contribution is 2.30. The third-order valence-electron chi connectivity index (χ3n) is 3.70. The molecule has 0 heterocycles. The molecule has 3 N–H and O–H groups in total. The number of hydrogen-bond donors (Lipinski definition) is 3. The molecular weight excluding hydrogens is 332 g/mol. The summed E-state index contributed by atoms with van der Waals surface area (Å²) in [6, 6.07) is 5.79. The van der Waals surface area contributed by atoms with E-state index in [9.17, 15) is 4.79 Å². The Balaban J connectivity index is 2.72. The first kappa shape index (κ1) is 21.6. The minimum atomic E-state index is 0.0158. The molecule has 146 valence electrons. The maximum atomic E-state index is 11.8. The van der Waals surface area contributed by atoms with E-state index in [2.05, 4.69) is 20.9 Å². The number of aliphatic imine (C=N–C) groups is 1. The molecule has 0 aromatic heterocycles. The van der Waals surface area contributed by atoms with Gasteiger partial charge in [-0.3, -0.25) is 9.79 Å². The number of methoxy groups -OCH3 is 1. The summed E-state index contributed by atoms with van der Waals surface area (Å²) in [5, 5.41) is 9.34. The fraction of sp³-hybridized carbons (Fsp3) is 0.579. The summed E-state index contributed by atoms with van der Waals surface area (Å²) in [6.45, 7) is 9.64. The maximum absolute atomic E-state index is 11.8. The van der Waals surface area contributed by atoms with E-state index in [-0.39, 0.29) is 11.9 Å². The maximum Gasteiger partial charge on any atom is 0.222 e. The van der Waals surface area contributed by atoms with Crippen LogP contribution in [-0.4, -0.2) is 44.7 Å². The lowest BCUT2D eigenvalue weighted by molar-refractivity contribution is -0.121. The van der Waals surface area contributed by atoms with Crippen molar-refractivity contribution in [2.24, 2.45) is 4.99 Å². The van der Waals surface area contributed by atoms with Crippen LogP contribution in [-0.2, 0) is 4.79 Å². The zero-order valence-corrected chi connectivity index (χ0v) is 16.5. The number of guanidine groups is 1. The van der Waals surface area contributed by atoms with E-state index in [1.165, 1.54) is 0 Å². The number of anilines is 1. The fourth-order valence-corrected chi connectivity index (χ4v) is 2.18. The van der Waals surface area contributed by atoms with Crippen molar-refractivity contribution >= 4 is 17.6 Å². The Kier molecular flexibility index (Phi) is 9.97. The molecular formula is C19H32N4O3. The van der Waals surface area contributed by atoms with Gasteiger partial charge in [0.2, 0.25) is 5.91 Å². The largest absolute Gasteiger partial charge is 0.493 e. The van der Waals surface area contributed by atoms with Gasteiger partial charge in [0.1, 0.15) is 0 Å². The number of benzene rings is 1. The molecule has 0 bridgehead atoms. The van der Waals surface area contributed by atoms with E-state index >= 15 is 0 Å². The molecule has 1 aromatic carbocycles. The first-order chi connectivity index (χ1) is 12.5. The summed E-state index contributed by atoms with van der Waals surface area (Å²) < 4.78 is 10.9. The fourth-order valence-electron chi connectivity index (χ4n) is 2.18. The second-order valence-corrected chi connectivity index (χ2v) is 5.81. The molecule has 0 aliphatic rings. The van der Waals surface area contributed by atoms with Gasteiger partial charge in [-0.1, -0.05) is 6.92 Å². The summed E-state index contributed by atoms with van der Waals surface area (Å²) in [5.74, 6) is 1.99. The smallest absolute Gasteiger partial charge is 0.222 e. The molecule has 7 heteroatoms. The number of rotatable bonds is 10. The van der Waals surface area contributed by atoms with Gasteiger partial charge >= 0.3 is 0 Å². The number of ether oxygens (including phenoxy) is 2. The van der Waals surface area contributed by atoms with Gasteiger partial charge in [-0.2, -0.15) is 0 Å². The minimum absolute atomic E-state index is 0.0158. The average Bonchev–Trinajstić information content (AvgIpc) is 2.62. The number of nitrogens with zero attached hydrogens (tertiary/aromatic N) is 1. The Morgan fingerprint density at radius 1 is 1.23 bits per heavy atom. The van der Waals surface area contributed by atoms with E-state index in [1.807, 2.05) is 45.9 Å². The van der Waals surface area contributed by atoms with Crippen LogP contribution in [0.1, 0.15) is 40.5 Å². The van der Waals surface area contributed by atoms with E-state index < -0.39 is 0 Å². The van der Waals surface area contributed by atoms with Crippen molar-refractivity contribution in [3.63, 3.8) is 0 Å². The lowest BCUT2D eigenvalue weighted by Crippen LogP contribution is -2.33. The molecule has 0 aliphatic carbocycles. The molecule has 0 spiro atoms. The second-order valence-electron chi connectivity index (χ2n) is 5.81. The monoisotopic (exact) mass is 364 g/mol. The normalized spacial score (nSPS) is 12.3. The Morgan fingerprint density at radius 2 is 2.00 bits per heavy atom. The van der Waals surface area contributed by atoms with E-state index in [4.69, 9.17) is 9.47 Å². The lowest BCUT2D eigenvalue weighted by atomic mass is 10.2. The molecule has 0 fully saturated rings. The number of nitrogens with one attached hydrogen (secondary N) is 3. The van der Waals surface area contributed by atoms with Crippen LogP contribution in [0.25, 0.3) is 0 Å². The van der Waals surface area contributed by atoms with Crippen molar-refractivity contribution in [3.05, 3.63) is 18.2 Å². The van der Waals surface area contributed by atoms with E-state index in [0.717, 1.165) is 18.7 Å². The Bertz CT molecular complexity index is 590. The highest BCUT2D eigenvalue weighted by atomic mass is 16.5. The van der Waals surface area contributed by atoms with Crippen molar-refractivity contribution in [1.29, 1.82) is 0 Å². The van der Waals surface area contributed by atoms with Crippen molar-refractivity contribution in [2.45, 2.75) is 46.6 Å². The molecule has 0 saturated carbocycles. The van der Waals surface area contributed by atoms with Gasteiger partial charge in [-0.25, -0.2) is 0 Å². The van der Waals surface area contributed by atoms with Gasteiger partial charge < -0.3 is 25.4 Å². The second kappa shape index (κ2) is 12.0. The molecule has 7 nitrogen and oxygen atoms in total. The quantitative estimate of drug-likeness (QED) is 0.439. The van der Waals surface area contributed by atoms with E-state index in [0.29, 0.717) is 37.0 Å². The molecule has 1 unspecified atom stereocenters. The van der Waals surface area contributed by atoms with Crippen molar-refractivity contribution in [2.75, 3.05) is 32.1 Å². The standard InChI is InChI=1S/C19H32N4O3/c1-6-14(4)22-18(24)11-12-21-19(20-7-2)23-15-9-10-16(25-5)17(13-15)26-8-3/h9-10,13-14H,6-8,11-12H2,1-5H3,(H,22,24)(H2,20,21,23). The van der Waals surface area contributed by atoms with Crippen LogP contribution < -0.4 is 25.4 Å². The van der Waals surface area contributed by atoms with Crippen LogP contribution in [0.5, 0.6) is 11.5 Å². The van der Waals surface area contributed by atoms with Crippen molar-refractivity contribution in [3.8, 4) is 11.5 Å². The van der Waals surface area contributed by atoms with Crippen LogP contribution in [0.3, 0.4) is 0 Å². The highest BCUT2D eigenvalue weighted by Gasteiger charge is 2.08. The van der Waals surface area contributed by atoms with Gasteiger partial charge in [-0.15, -0.1) is 0 Å². The zero-order chi connectivity index (χ0) is 19.4. The number of amides is 1. The average molecular weight is 364 g/mol. The van der Waals surface area contributed by atoms with Gasteiger partial charge in [0.05, 0.1) is 20.3 Å². The topological polar surface area (TPSA) is 84.0 Å². The molecule has 0 aliphatic heterocycles. The van der Waals surface area contributed by atoms with Gasteiger partial charge in [0.25, 0.3) is 0 Å². The molecule has 26 heavy (non-hydrogen) atoms. The SMILES string of the molecule is CCNC(=NCCC(=O)NC(C)CC)Nc1ccc(OC)c(OCC)c1. The molecule has 0 radical (unpaired) electrons. The van der Waals surface area contributed by atoms with Crippen molar-refractivity contribution in [1.82, 2.24) is 10.6 Å². The Morgan fingerprint density at radius 3 is 2.62 bits per heavy atom. The first-order valence-corrected chi connectivity index (χ1v) is 9.19. The highest BCUT2D eigenvalue weighted by molar-refractivity contribution is 5.94. The van der Waals surface area contributed by atoms with E-state index in [1.54, 1.807) is 7.11 Å². The van der Waals surface area contributed by atoms with Crippen molar-refractivity contribution < 1.29 is 14.3 Å². The molecule has 1 atom stereocenters. The summed E-state index contributed by atoms with van der Waals surface area (Å²) in [6.07, 6.45) is 1.27. The predicted octanol–water partition coefficient (Wildman–Crippen LogP) is 2.78. The number of carbonyl (C=O) groups is 1. The van der Waals surface area contributed by atoms with Gasteiger partial charge in [-0.05, 0) is 39.3 Å². The van der Waals surface area contributed by atoms with Crippen LogP contribution in [0.4, 0.5) is 5.69 Å². The molecule has 1 aromatic rings. The minimum Gasteiger partial charge on any atom is -0.493 e. The summed E-state index contributed by atoms with van der Waals surface area (Å²) in [4.78, 5) is 16.3. The van der Waals surface area contributed by atoms with Gasteiger partial charge in [0, 0.05) is 30.8 Å². The number of carbonyl (C=O) groups excluding carboxylic acids is 1. The van der Waals surface area contributed by atoms with Crippen LogP contribution in [0, 0.1) is 0 Å². The molecule has 0 saturated heterocycles. The predicted molar refractivity (Wildman–Crippen MR) is 106 cm³/mol. The number of hydrogen-bond acceptors (Lipinski definition) is 4. The third kappa shape index (κ3) is 7.63. The Hall–Kier alpha value is -2.44. The molecule has 1 rings (SSSR count). The summed E-state index contributed by atoms with van der Waals surface area (Å²) in [5.41, 5.74) is 0.831. The lowest BCUT2D eigenvalue weighted by Gasteiger charge is -2.14. The van der Waals surface area contributed by atoms with Crippen LogP contribution in [0.2, 0.25) is 0 Å². The zero-order valence-electron chi connectivity index (χ0n) is 16.5.